The molecule has 0 spiro atoms. The molecule has 2 aliphatic heterocycles. The van der Waals surface area contributed by atoms with Gasteiger partial charge in [0.1, 0.15) is 5.75 Å². The maximum absolute atomic E-state index is 13.3. The first-order chi connectivity index (χ1) is 12.4. The zero-order chi connectivity index (χ0) is 18.5. The number of carbonyl (C=O) groups excluding carboxylic acids is 1. The summed E-state index contributed by atoms with van der Waals surface area (Å²) in [6.07, 6.45) is 0. The Morgan fingerprint density at radius 3 is 2.23 bits per heavy atom. The number of anilines is 2. The third-order valence-corrected chi connectivity index (χ3v) is 6.72. The van der Waals surface area contributed by atoms with E-state index in [-0.39, 0.29) is 17.5 Å². The zero-order valence-corrected chi connectivity index (χ0v) is 15.4. The molecule has 4 rings (SSSR count). The number of benzene rings is 2. The van der Waals surface area contributed by atoms with Crippen LogP contribution in [-0.2, 0) is 9.84 Å². The number of ether oxygens (including phenoxy) is 1. The maximum atomic E-state index is 13.3. The molecule has 2 heterocycles. The van der Waals surface area contributed by atoms with E-state index in [4.69, 9.17) is 4.74 Å². The van der Waals surface area contributed by atoms with Crippen LogP contribution in [0.1, 0.15) is 5.56 Å². The summed E-state index contributed by atoms with van der Waals surface area (Å²) < 4.78 is 30.0. The van der Waals surface area contributed by atoms with Crippen LogP contribution in [0.4, 0.5) is 16.2 Å². The minimum atomic E-state index is -3.21. The summed E-state index contributed by atoms with van der Waals surface area (Å²) >= 11 is 0. The highest BCUT2D eigenvalue weighted by atomic mass is 32.2. The Balaban J connectivity index is 1.83. The van der Waals surface area contributed by atoms with Crippen LogP contribution in [0.2, 0.25) is 0 Å². The fourth-order valence-corrected chi connectivity index (χ4v) is 5.74. The first-order valence-corrected chi connectivity index (χ1v) is 10.3. The van der Waals surface area contributed by atoms with Gasteiger partial charge in [-0.3, -0.25) is 9.80 Å². The van der Waals surface area contributed by atoms with E-state index in [1.165, 1.54) is 0 Å². The molecule has 0 radical (unpaired) electrons. The van der Waals surface area contributed by atoms with Gasteiger partial charge >= 0.3 is 6.03 Å². The van der Waals surface area contributed by atoms with Crippen molar-refractivity contribution < 1.29 is 17.9 Å². The average Bonchev–Trinajstić information content (AvgIpc) is 3.04. The molecule has 0 bridgehead atoms. The second-order valence-corrected chi connectivity index (χ2v) is 8.90. The van der Waals surface area contributed by atoms with E-state index in [2.05, 4.69) is 0 Å². The zero-order valence-electron chi connectivity index (χ0n) is 14.6. The van der Waals surface area contributed by atoms with Crippen molar-refractivity contribution in [1.82, 2.24) is 0 Å². The number of hydrogen-bond donors (Lipinski definition) is 0. The molecule has 0 unspecified atom stereocenters. The molecule has 2 aromatic carbocycles. The summed E-state index contributed by atoms with van der Waals surface area (Å²) in [5.74, 6) is 0.488. The number of urea groups is 1. The van der Waals surface area contributed by atoms with Gasteiger partial charge in [0.15, 0.2) is 9.84 Å². The molecule has 6 nitrogen and oxygen atoms in total. The van der Waals surface area contributed by atoms with Gasteiger partial charge in [-0.1, -0.05) is 29.8 Å². The third kappa shape index (κ3) is 2.63. The van der Waals surface area contributed by atoms with Gasteiger partial charge in [-0.05, 0) is 31.2 Å². The second-order valence-electron chi connectivity index (χ2n) is 6.74. The highest BCUT2D eigenvalue weighted by Gasteiger charge is 2.54. The SMILES string of the molecule is COc1ccccc1N1C(=O)N(c2ccc(C)cc2)[C@H]2CS(=O)(=O)C[C@@H]21. The molecule has 2 amide bonds. The van der Waals surface area contributed by atoms with E-state index in [1.807, 2.05) is 43.3 Å². The highest BCUT2D eigenvalue weighted by Crippen LogP contribution is 2.41. The Labute approximate surface area is 152 Å². The predicted octanol–water partition coefficient (Wildman–Crippen LogP) is 2.62. The first-order valence-electron chi connectivity index (χ1n) is 8.44. The Bertz CT molecular complexity index is 956. The summed E-state index contributed by atoms with van der Waals surface area (Å²) in [5.41, 5.74) is 2.39. The number of amides is 2. The molecule has 2 aliphatic rings. The van der Waals surface area contributed by atoms with Crippen molar-refractivity contribution in [3.63, 3.8) is 0 Å². The fraction of sp³-hybridized carbons (Fsp3) is 0.316. The topological polar surface area (TPSA) is 66.9 Å². The van der Waals surface area contributed by atoms with Crippen LogP contribution in [-0.4, -0.2) is 45.1 Å². The molecule has 2 aromatic rings. The molecule has 2 atom stereocenters. The van der Waals surface area contributed by atoms with Crippen molar-refractivity contribution in [2.45, 2.75) is 19.0 Å². The summed E-state index contributed by atoms with van der Waals surface area (Å²) in [6, 6.07) is 13.7. The van der Waals surface area contributed by atoms with Crippen molar-refractivity contribution in [1.29, 1.82) is 0 Å². The van der Waals surface area contributed by atoms with Crippen molar-refractivity contribution in [3.8, 4) is 5.75 Å². The van der Waals surface area contributed by atoms with Crippen LogP contribution in [0.5, 0.6) is 5.75 Å². The number of sulfone groups is 1. The molecular weight excluding hydrogens is 352 g/mol. The van der Waals surface area contributed by atoms with Crippen molar-refractivity contribution in [3.05, 3.63) is 54.1 Å². The number of fused-ring (bicyclic) bond motifs is 1. The van der Waals surface area contributed by atoms with Crippen molar-refractivity contribution in [2.24, 2.45) is 0 Å². The lowest BCUT2D eigenvalue weighted by molar-refractivity contribution is 0.255. The average molecular weight is 372 g/mol. The van der Waals surface area contributed by atoms with E-state index in [0.29, 0.717) is 17.1 Å². The van der Waals surface area contributed by atoms with Crippen LogP contribution in [0, 0.1) is 6.92 Å². The Kier molecular flexibility index (Phi) is 3.91. The van der Waals surface area contributed by atoms with Gasteiger partial charge in [-0.25, -0.2) is 13.2 Å². The van der Waals surface area contributed by atoms with Crippen LogP contribution in [0.25, 0.3) is 0 Å². The summed E-state index contributed by atoms with van der Waals surface area (Å²) in [6.45, 7) is 1.97. The molecule has 2 fully saturated rings. The lowest BCUT2D eigenvalue weighted by atomic mass is 10.1. The van der Waals surface area contributed by atoms with Gasteiger partial charge in [0, 0.05) is 5.69 Å². The molecule has 0 aromatic heterocycles. The van der Waals surface area contributed by atoms with Gasteiger partial charge < -0.3 is 4.74 Å². The molecular formula is C19H20N2O4S. The van der Waals surface area contributed by atoms with Crippen LogP contribution in [0.3, 0.4) is 0 Å². The Morgan fingerprint density at radius 1 is 0.962 bits per heavy atom. The van der Waals surface area contributed by atoms with Crippen LogP contribution in [0.15, 0.2) is 48.5 Å². The predicted molar refractivity (Wildman–Crippen MR) is 101 cm³/mol. The summed E-state index contributed by atoms with van der Waals surface area (Å²) in [5, 5.41) is 0. The van der Waals surface area contributed by atoms with Gasteiger partial charge in [0.25, 0.3) is 0 Å². The molecule has 0 saturated carbocycles. The molecule has 0 N–H and O–H groups in total. The van der Waals surface area contributed by atoms with E-state index in [1.54, 1.807) is 29.0 Å². The molecule has 136 valence electrons. The molecule has 2 saturated heterocycles. The maximum Gasteiger partial charge on any atom is 0.329 e. The van der Waals surface area contributed by atoms with Crippen molar-refractivity contribution in [2.75, 3.05) is 28.4 Å². The van der Waals surface area contributed by atoms with E-state index >= 15 is 0 Å². The Morgan fingerprint density at radius 2 is 1.58 bits per heavy atom. The van der Waals surface area contributed by atoms with Gasteiger partial charge in [-0.15, -0.1) is 0 Å². The number of para-hydroxylation sites is 2. The van der Waals surface area contributed by atoms with E-state index < -0.39 is 21.9 Å². The monoisotopic (exact) mass is 372 g/mol. The van der Waals surface area contributed by atoms with Gasteiger partial charge in [0.2, 0.25) is 0 Å². The number of carbonyl (C=O) groups is 1. The van der Waals surface area contributed by atoms with E-state index in [9.17, 15) is 13.2 Å². The first kappa shape index (κ1) is 16.9. The summed E-state index contributed by atoms with van der Waals surface area (Å²) in [4.78, 5) is 16.5. The number of aryl methyl sites for hydroxylation is 1. The molecule has 0 aliphatic carbocycles. The molecule has 7 heteroatoms. The minimum Gasteiger partial charge on any atom is -0.495 e. The number of nitrogens with zero attached hydrogens (tertiary/aromatic N) is 2. The fourth-order valence-electron chi connectivity index (χ4n) is 3.82. The summed E-state index contributed by atoms with van der Waals surface area (Å²) in [7, 11) is -1.67. The number of methoxy groups -OCH3 is 1. The van der Waals surface area contributed by atoms with Crippen molar-refractivity contribution >= 4 is 27.2 Å². The van der Waals surface area contributed by atoms with Gasteiger partial charge in [0.05, 0.1) is 36.4 Å². The van der Waals surface area contributed by atoms with Crippen LogP contribution >= 0.6 is 0 Å². The quantitative estimate of drug-likeness (QED) is 0.777. The largest absolute Gasteiger partial charge is 0.495 e. The Hall–Kier alpha value is -2.54. The standard InChI is InChI=1S/C19H20N2O4S/c1-13-7-9-14(10-8-13)20-16-11-26(23,24)12-17(16)21(19(20)22)15-5-3-4-6-18(15)25-2/h3-10,16-17H,11-12H2,1-2H3/t16-,17-/m0/s1. The lowest BCUT2D eigenvalue weighted by Crippen LogP contribution is -2.38. The van der Waals surface area contributed by atoms with E-state index in [0.717, 1.165) is 5.56 Å². The van der Waals surface area contributed by atoms with Crippen LogP contribution < -0.4 is 14.5 Å². The highest BCUT2D eigenvalue weighted by molar-refractivity contribution is 7.91. The normalized spacial score (nSPS) is 24.0. The molecule has 26 heavy (non-hydrogen) atoms. The third-order valence-electron chi connectivity index (χ3n) is 5.03. The second kappa shape index (κ2) is 6.02. The lowest BCUT2D eigenvalue weighted by Gasteiger charge is -2.24. The smallest absolute Gasteiger partial charge is 0.329 e. The number of hydrogen-bond acceptors (Lipinski definition) is 4. The minimum absolute atomic E-state index is 0.0249. The van der Waals surface area contributed by atoms with Gasteiger partial charge in [-0.2, -0.15) is 0 Å². The number of rotatable bonds is 3.